The summed E-state index contributed by atoms with van der Waals surface area (Å²) >= 11 is 0. The fourth-order valence-corrected chi connectivity index (χ4v) is 1.20. The predicted molar refractivity (Wildman–Crippen MR) is 48.8 cm³/mol. The summed E-state index contributed by atoms with van der Waals surface area (Å²) in [6.07, 6.45) is 2.74. The molecule has 0 saturated heterocycles. The molecule has 0 aromatic heterocycles. The van der Waals surface area contributed by atoms with Gasteiger partial charge in [-0.05, 0) is 24.3 Å². The molecule has 1 aromatic rings. The van der Waals surface area contributed by atoms with Gasteiger partial charge in [-0.15, -0.1) is 0 Å². The highest BCUT2D eigenvalue weighted by molar-refractivity contribution is 5.13. The molecule has 1 aliphatic carbocycles. The van der Waals surface area contributed by atoms with Gasteiger partial charge in [0.05, 0.1) is 6.61 Å². The Morgan fingerprint density at radius 2 is 1.92 bits per heavy atom. The molecule has 1 aliphatic rings. The quantitative estimate of drug-likeness (QED) is 0.661. The van der Waals surface area contributed by atoms with Gasteiger partial charge in [0.1, 0.15) is 0 Å². The van der Waals surface area contributed by atoms with Crippen LogP contribution in [-0.2, 0) is 11.3 Å². The normalized spacial score (nSPS) is 16.3. The van der Waals surface area contributed by atoms with Crippen LogP contribution in [0.15, 0.2) is 30.3 Å². The summed E-state index contributed by atoms with van der Waals surface area (Å²) in [5, 5.41) is 0. The molecular formula is C11H14O. The molecule has 0 heterocycles. The topological polar surface area (TPSA) is 9.23 Å². The molecule has 0 spiro atoms. The van der Waals surface area contributed by atoms with E-state index in [1.807, 2.05) is 6.07 Å². The Morgan fingerprint density at radius 3 is 2.58 bits per heavy atom. The van der Waals surface area contributed by atoms with Gasteiger partial charge in [0.25, 0.3) is 0 Å². The zero-order valence-corrected chi connectivity index (χ0v) is 7.20. The molecule has 0 unspecified atom stereocenters. The van der Waals surface area contributed by atoms with Crippen LogP contribution in [0.5, 0.6) is 0 Å². The minimum Gasteiger partial charge on any atom is -0.376 e. The third-order valence-electron chi connectivity index (χ3n) is 2.16. The minimum atomic E-state index is 0.775. The second kappa shape index (κ2) is 3.72. The van der Waals surface area contributed by atoms with E-state index in [1.54, 1.807) is 0 Å². The number of hydrogen-bond acceptors (Lipinski definition) is 1. The smallest absolute Gasteiger partial charge is 0.0717 e. The SMILES string of the molecule is c1ccc(COCC2CC2)cc1. The molecule has 1 fully saturated rings. The lowest BCUT2D eigenvalue weighted by Gasteiger charge is -2.01. The summed E-state index contributed by atoms with van der Waals surface area (Å²) in [5.74, 6) is 0.869. The van der Waals surface area contributed by atoms with Crippen molar-refractivity contribution >= 4 is 0 Å². The molecule has 0 aliphatic heterocycles. The summed E-state index contributed by atoms with van der Waals surface area (Å²) in [4.78, 5) is 0. The molecule has 1 nitrogen and oxygen atoms in total. The largest absolute Gasteiger partial charge is 0.376 e. The molecule has 12 heavy (non-hydrogen) atoms. The van der Waals surface area contributed by atoms with Crippen LogP contribution >= 0.6 is 0 Å². The Labute approximate surface area is 73.4 Å². The van der Waals surface area contributed by atoms with E-state index in [0.717, 1.165) is 19.1 Å². The van der Waals surface area contributed by atoms with Crippen LogP contribution in [0.2, 0.25) is 0 Å². The molecule has 1 heteroatoms. The fourth-order valence-electron chi connectivity index (χ4n) is 1.20. The van der Waals surface area contributed by atoms with E-state index in [-0.39, 0.29) is 0 Å². The van der Waals surface area contributed by atoms with E-state index >= 15 is 0 Å². The lowest BCUT2D eigenvalue weighted by molar-refractivity contribution is 0.111. The van der Waals surface area contributed by atoms with Crippen LogP contribution in [0.3, 0.4) is 0 Å². The van der Waals surface area contributed by atoms with E-state index in [9.17, 15) is 0 Å². The van der Waals surface area contributed by atoms with Crippen LogP contribution in [-0.4, -0.2) is 6.61 Å². The molecule has 0 radical (unpaired) electrons. The maximum atomic E-state index is 5.54. The van der Waals surface area contributed by atoms with Crippen molar-refractivity contribution in [3.8, 4) is 0 Å². The van der Waals surface area contributed by atoms with E-state index < -0.39 is 0 Å². The summed E-state index contributed by atoms with van der Waals surface area (Å²) in [6.45, 7) is 1.73. The van der Waals surface area contributed by atoms with E-state index in [0.29, 0.717) is 0 Å². The highest BCUT2D eigenvalue weighted by Crippen LogP contribution is 2.28. The Balaban J connectivity index is 1.72. The monoisotopic (exact) mass is 162 g/mol. The Bertz CT molecular complexity index is 226. The van der Waals surface area contributed by atoms with Gasteiger partial charge in [0.15, 0.2) is 0 Å². The van der Waals surface area contributed by atoms with Crippen LogP contribution < -0.4 is 0 Å². The number of benzene rings is 1. The molecule has 0 bridgehead atoms. The van der Waals surface area contributed by atoms with Gasteiger partial charge in [-0.1, -0.05) is 30.3 Å². The van der Waals surface area contributed by atoms with Gasteiger partial charge in [0, 0.05) is 6.61 Å². The van der Waals surface area contributed by atoms with Crippen molar-refractivity contribution in [3.05, 3.63) is 35.9 Å². The van der Waals surface area contributed by atoms with E-state index in [2.05, 4.69) is 24.3 Å². The van der Waals surface area contributed by atoms with Gasteiger partial charge in [-0.3, -0.25) is 0 Å². The number of rotatable bonds is 4. The summed E-state index contributed by atoms with van der Waals surface area (Å²) in [7, 11) is 0. The molecule has 64 valence electrons. The third kappa shape index (κ3) is 2.35. The van der Waals surface area contributed by atoms with Crippen molar-refractivity contribution < 1.29 is 4.74 Å². The molecule has 1 saturated carbocycles. The highest BCUT2D eigenvalue weighted by atomic mass is 16.5. The summed E-state index contributed by atoms with van der Waals surface area (Å²) in [6, 6.07) is 10.3. The molecule has 2 rings (SSSR count). The van der Waals surface area contributed by atoms with Crippen molar-refractivity contribution in [1.29, 1.82) is 0 Å². The van der Waals surface area contributed by atoms with Crippen molar-refractivity contribution in [2.75, 3.05) is 6.61 Å². The average Bonchev–Trinajstić information content (AvgIpc) is 2.90. The van der Waals surface area contributed by atoms with Crippen LogP contribution in [0.25, 0.3) is 0 Å². The molecule has 0 atom stereocenters. The zero-order valence-electron chi connectivity index (χ0n) is 7.20. The second-order valence-corrected chi connectivity index (χ2v) is 3.44. The first-order valence-corrected chi connectivity index (χ1v) is 4.57. The molecular weight excluding hydrogens is 148 g/mol. The Kier molecular flexibility index (Phi) is 2.42. The van der Waals surface area contributed by atoms with Gasteiger partial charge in [-0.25, -0.2) is 0 Å². The van der Waals surface area contributed by atoms with Crippen molar-refractivity contribution in [2.45, 2.75) is 19.4 Å². The second-order valence-electron chi connectivity index (χ2n) is 3.44. The van der Waals surface area contributed by atoms with Gasteiger partial charge >= 0.3 is 0 Å². The van der Waals surface area contributed by atoms with Gasteiger partial charge in [-0.2, -0.15) is 0 Å². The van der Waals surface area contributed by atoms with Crippen molar-refractivity contribution in [1.82, 2.24) is 0 Å². The third-order valence-corrected chi connectivity index (χ3v) is 2.16. The molecule has 1 aromatic carbocycles. The van der Waals surface area contributed by atoms with Crippen molar-refractivity contribution in [2.24, 2.45) is 5.92 Å². The van der Waals surface area contributed by atoms with Gasteiger partial charge < -0.3 is 4.74 Å². The Morgan fingerprint density at radius 1 is 1.17 bits per heavy atom. The first-order chi connectivity index (χ1) is 5.95. The van der Waals surface area contributed by atoms with Gasteiger partial charge in [0.2, 0.25) is 0 Å². The summed E-state index contributed by atoms with van der Waals surface area (Å²) in [5.41, 5.74) is 1.28. The zero-order chi connectivity index (χ0) is 8.23. The van der Waals surface area contributed by atoms with Crippen LogP contribution in [0.4, 0.5) is 0 Å². The highest BCUT2D eigenvalue weighted by Gasteiger charge is 2.20. The standard InChI is InChI=1S/C11H14O/c1-2-4-10(5-3-1)8-12-9-11-6-7-11/h1-5,11H,6-9H2. The summed E-state index contributed by atoms with van der Waals surface area (Å²) < 4.78 is 5.54. The fraction of sp³-hybridized carbons (Fsp3) is 0.455. The van der Waals surface area contributed by atoms with E-state index in [1.165, 1.54) is 18.4 Å². The van der Waals surface area contributed by atoms with E-state index in [4.69, 9.17) is 4.74 Å². The maximum absolute atomic E-state index is 5.54. The molecule has 0 N–H and O–H groups in total. The first kappa shape index (κ1) is 7.81. The average molecular weight is 162 g/mol. The van der Waals surface area contributed by atoms with Crippen LogP contribution in [0, 0.1) is 5.92 Å². The lowest BCUT2D eigenvalue weighted by atomic mass is 10.2. The minimum absolute atomic E-state index is 0.775. The molecule has 0 amide bonds. The lowest BCUT2D eigenvalue weighted by Crippen LogP contribution is -1.96. The Hall–Kier alpha value is -0.820. The number of ether oxygens (including phenoxy) is 1. The van der Waals surface area contributed by atoms with Crippen LogP contribution in [0.1, 0.15) is 18.4 Å². The predicted octanol–water partition coefficient (Wildman–Crippen LogP) is 2.61. The van der Waals surface area contributed by atoms with Crippen molar-refractivity contribution in [3.63, 3.8) is 0 Å². The maximum Gasteiger partial charge on any atom is 0.0717 e. The number of hydrogen-bond donors (Lipinski definition) is 0. The first-order valence-electron chi connectivity index (χ1n) is 4.57.